The van der Waals surface area contributed by atoms with Crippen LogP contribution in [0.15, 0.2) is 53.0 Å². The van der Waals surface area contributed by atoms with Gasteiger partial charge in [-0.05, 0) is 42.2 Å². The van der Waals surface area contributed by atoms with Crippen molar-refractivity contribution < 1.29 is 4.74 Å². The molecule has 1 aliphatic carbocycles. The first-order valence-corrected chi connectivity index (χ1v) is 8.29. The molecule has 0 aromatic heterocycles. The van der Waals surface area contributed by atoms with E-state index < -0.39 is 0 Å². The lowest BCUT2D eigenvalue weighted by atomic mass is 10.2. The SMILES string of the molecule is Brc1ccc(OCCc2ccccc2)cc1CNC1CC1. The van der Waals surface area contributed by atoms with Gasteiger partial charge in [0.05, 0.1) is 6.61 Å². The van der Waals surface area contributed by atoms with Gasteiger partial charge < -0.3 is 10.1 Å². The summed E-state index contributed by atoms with van der Waals surface area (Å²) in [6.45, 7) is 1.61. The van der Waals surface area contributed by atoms with E-state index in [4.69, 9.17) is 4.74 Å². The Kier molecular flexibility index (Phi) is 4.94. The van der Waals surface area contributed by atoms with Gasteiger partial charge in [-0.1, -0.05) is 46.3 Å². The van der Waals surface area contributed by atoms with E-state index in [9.17, 15) is 0 Å². The van der Waals surface area contributed by atoms with Gasteiger partial charge in [0.2, 0.25) is 0 Å². The van der Waals surface area contributed by atoms with Crippen molar-refractivity contribution in [1.82, 2.24) is 5.32 Å². The Labute approximate surface area is 134 Å². The lowest BCUT2D eigenvalue weighted by molar-refractivity contribution is 0.321. The molecule has 110 valence electrons. The van der Waals surface area contributed by atoms with Gasteiger partial charge in [0, 0.05) is 23.5 Å². The smallest absolute Gasteiger partial charge is 0.119 e. The molecule has 0 heterocycles. The van der Waals surface area contributed by atoms with Crippen molar-refractivity contribution >= 4 is 15.9 Å². The maximum Gasteiger partial charge on any atom is 0.119 e. The van der Waals surface area contributed by atoms with Crippen molar-refractivity contribution in [2.24, 2.45) is 0 Å². The third-order valence-electron chi connectivity index (χ3n) is 3.68. The molecule has 2 aromatic carbocycles. The highest BCUT2D eigenvalue weighted by Crippen LogP contribution is 2.25. The van der Waals surface area contributed by atoms with Crippen molar-refractivity contribution in [2.45, 2.75) is 31.8 Å². The average molecular weight is 346 g/mol. The number of hydrogen-bond acceptors (Lipinski definition) is 2. The molecule has 0 saturated heterocycles. The minimum absolute atomic E-state index is 0.709. The number of nitrogens with one attached hydrogen (secondary N) is 1. The highest BCUT2D eigenvalue weighted by molar-refractivity contribution is 9.10. The van der Waals surface area contributed by atoms with E-state index in [0.29, 0.717) is 6.61 Å². The molecular weight excluding hydrogens is 326 g/mol. The first kappa shape index (κ1) is 14.6. The third kappa shape index (κ3) is 4.58. The summed E-state index contributed by atoms with van der Waals surface area (Å²) < 4.78 is 7.02. The van der Waals surface area contributed by atoms with Crippen LogP contribution < -0.4 is 10.1 Å². The Morgan fingerprint density at radius 1 is 1.10 bits per heavy atom. The van der Waals surface area contributed by atoms with Gasteiger partial charge in [-0.15, -0.1) is 0 Å². The monoisotopic (exact) mass is 345 g/mol. The van der Waals surface area contributed by atoms with Crippen LogP contribution >= 0.6 is 15.9 Å². The molecule has 0 radical (unpaired) electrons. The van der Waals surface area contributed by atoms with Crippen LogP contribution in [0.2, 0.25) is 0 Å². The highest BCUT2D eigenvalue weighted by Gasteiger charge is 2.20. The molecule has 0 spiro atoms. The molecule has 3 rings (SSSR count). The quantitative estimate of drug-likeness (QED) is 0.806. The Morgan fingerprint density at radius 2 is 1.90 bits per heavy atom. The Hall–Kier alpha value is -1.32. The molecular formula is C18H20BrNO. The van der Waals surface area contributed by atoms with Crippen LogP contribution in [0.4, 0.5) is 0 Å². The zero-order valence-electron chi connectivity index (χ0n) is 12.0. The van der Waals surface area contributed by atoms with Crippen molar-refractivity contribution in [3.05, 3.63) is 64.1 Å². The van der Waals surface area contributed by atoms with Crippen LogP contribution in [0.5, 0.6) is 5.75 Å². The number of hydrogen-bond donors (Lipinski definition) is 1. The van der Waals surface area contributed by atoms with Crippen LogP contribution in [0, 0.1) is 0 Å². The summed E-state index contributed by atoms with van der Waals surface area (Å²) in [6.07, 6.45) is 3.56. The summed E-state index contributed by atoms with van der Waals surface area (Å²) in [4.78, 5) is 0. The summed E-state index contributed by atoms with van der Waals surface area (Å²) in [5.41, 5.74) is 2.57. The van der Waals surface area contributed by atoms with Gasteiger partial charge >= 0.3 is 0 Å². The van der Waals surface area contributed by atoms with Crippen molar-refractivity contribution in [2.75, 3.05) is 6.61 Å². The van der Waals surface area contributed by atoms with E-state index in [1.807, 2.05) is 12.1 Å². The van der Waals surface area contributed by atoms with E-state index in [1.165, 1.54) is 24.0 Å². The molecule has 3 heteroatoms. The van der Waals surface area contributed by atoms with Gasteiger partial charge in [0.1, 0.15) is 5.75 Å². The first-order chi connectivity index (χ1) is 10.3. The van der Waals surface area contributed by atoms with Gasteiger partial charge in [-0.3, -0.25) is 0 Å². The number of benzene rings is 2. The van der Waals surface area contributed by atoms with Gasteiger partial charge in [0.15, 0.2) is 0 Å². The van der Waals surface area contributed by atoms with Crippen LogP contribution in [0.1, 0.15) is 24.0 Å². The third-order valence-corrected chi connectivity index (χ3v) is 4.45. The summed E-state index contributed by atoms with van der Waals surface area (Å²) in [5, 5.41) is 3.54. The molecule has 0 bridgehead atoms. The fourth-order valence-electron chi connectivity index (χ4n) is 2.25. The lowest BCUT2D eigenvalue weighted by Gasteiger charge is -2.10. The highest BCUT2D eigenvalue weighted by atomic mass is 79.9. The van der Waals surface area contributed by atoms with Crippen LogP contribution in [0.25, 0.3) is 0 Å². The van der Waals surface area contributed by atoms with E-state index in [0.717, 1.165) is 29.2 Å². The maximum atomic E-state index is 5.88. The molecule has 2 aromatic rings. The summed E-state index contributed by atoms with van der Waals surface area (Å²) >= 11 is 3.61. The second-order valence-corrected chi connectivity index (χ2v) is 6.35. The van der Waals surface area contributed by atoms with Crippen LogP contribution in [-0.2, 0) is 13.0 Å². The van der Waals surface area contributed by atoms with E-state index >= 15 is 0 Å². The number of rotatable bonds is 7. The van der Waals surface area contributed by atoms with Crippen molar-refractivity contribution in [3.8, 4) is 5.75 Å². The minimum atomic E-state index is 0.709. The zero-order valence-corrected chi connectivity index (χ0v) is 13.6. The van der Waals surface area contributed by atoms with Crippen molar-refractivity contribution in [3.63, 3.8) is 0 Å². The predicted molar refractivity (Wildman–Crippen MR) is 89.6 cm³/mol. The maximum absolute atomic E-state index is 5.88. The molecule has 2 nitrogen and oxygen atoms in total. The second-order valence-electron chi connectivity index (χ2n) is 5.49. The molecule has 21 heavy (non-hydrogen) atoms. The normalized spacial score (nSPS) is 14.1. The number of halogens is 1. The molecule has 0 unspecified atom stereocenters. The van der Waals surface area contributed by atoms with Crippen LogP contribution in [-0.4, -0.2) is 12.6 Å². The van der Waals surface area contributed by atoms with Gasteiger partial charge in [-0.2, -0.15) is 0 Å². The summed E-state index contributed by atoms with van der Waals surface area (Å²) in [6, 6.07) is 17.4. The standard InChI is InChI=1S/C18H20BrNO/c19-18-9-8-17(12-15(18)13-20-16-6-7-16)21-11-10-14-4-2-1-3-5-14/h1-5,8-9,12,16,20H,6-7,10-11,13H2. The topological polar surface area (TPSA) is 21.3 Å². The minimum Gasteiger partial charge on any atom is -0.493 e. The molecule has 1 saturated carbocycles. The molecule has 1 aliphatic rings. The largest absolute Gasteiger partial charge is 0.493 e. The lowest BCUT2D eigenvalue weighted by Crippen LogP contribution is -2.15. The summed E-state index contributed by atoms with van der Waals surface area (Å²) in [7, 11) is 0. The summed E-state index contributed by atoms with van der Waals surface area (Å²) in [5.74, 6) is 0.946. The Morgan fingerprint density at radius 3 is 2.67 bits per heavy atom. The molecule has 0 atom stereocenters. The fourth-order valence-corrected chi connectivity index (χ4v) is 2.64. The predicted octanol–water partition coefficient (Wildman–Crippen LogP) is 4.32. The Balaban J connectivity index is 1.53. The average Bonchev–Trinajstić information content (AvgIpc) is 3.33. The zero-order chi connectivity index (χ0) is 14.5. The first-order valence-electron chi connectivity index (χ1n) is 7.50. The van der Waals surface area contributed by atoms with Crippen LogP contribution in [0.3, 0.4) is 0 Å². The number of ether oxygens (including phenoxy) is 1. The Bertz CT molecular complexity index is 581. The van der Waals surface area contributed by atoms with Crippen molar-refractivity contribution in [1.29, 1.82) is 0 Å². The fraction of sp³-hybridized carbons (Fsp3) is 0.333. The second kappa shape index (κ2) is 7.10. The molecule has 1 N–H and O–H groups in total. The van der Waals surface area contributed by atoms with Gasteiger partial charge in [-0.25, -0.2) is 0 Å². The molecule has 1 fully saturated rings. The van der Waals surface area contributed by atoms with E-state index in [-0.39, 0.29) is 0 Å². The van der Waals surface area contributed by atoms with E-state index in [1.54, 1.807) is 0 Å². The molecule has 0 amide bonds. The van der Waals surface area contributed by atoms with E-state index in [2.05, 4.69) is 57.6 Å². The van der Waals surface area contributed by atoms with Gasteiger partial charge in [0.25, 0.3) is 0 Å². The molecule has 0 aliphatic heterocycles.